The third-order valence-electron chi connectivity index (χ3n) is 3.83. The summed E-state index contributed by atoms with van der Waals surface area (Å²) in [7, 11) is 1.72. The van der Waals surface area contributed by atoms with Gasteiger partial charge in [-0.15, -0.1) is 24.0 Å². The van der Waals surface area contributed by atoms with Gasteiger partial charge in [0.05, 0.1) is 6.61 Å². The molecule has 0 radical (unpaired) electrons. The van der Waals surface area contributed by atoms with Crippen LogP contribution in [0.15, 0.2) is 59.6 Å². The second-order valence-corrected chi connectivity index (χ2v) is 6.07. The Bertz CT molecular complexity index is 738. The average molecular weight is 496 g/mol. The van der Waals surface area contributed by atoms with Gasteiger partial charge in [0.15, 0.2) is 5.96 Å². The molecule has 0 heterocycles. The molecule has 7 heteroatoms. The molecule has 0 aliphatic heterocycles. The minimum absolute atomic E-state index is 0. The topological polar surface area (TPSA) is 74.8 Å². The Labute approximate surface area is 184 Å². The molecular formula is C21H29IN4O2. The molecule has 0 unspecified atom stereocenters. The van der Waals surface area contributed by atoms with Gasteiger partial charge in [0.1, 0.15) is 5.75 Å². The zero-order valence-electron chi connectivity index (χ0n) is 16.4. The molecule has 0 aliphatic rings. The van der Waals surface area contributed by atoms with Gasteiger partial charge in [-0.05, 0) is 37.6 Å². The Hall–Kier alpha value is -2.29. The fraction of sp³-hybridized carbons (Fsp3) is 0.333. The molecule has 0 aromatic heterocycles. The van der Waals surface area contributed by atoms with Crippen LogP contribution in [0.25, 0.3) is 0 Å². The highest BCUT2D eigenvalue weighted by atomic mass is 127. The molecule has 0 saturated heterocycles. The summed E-state index contributed by atoms with van der Waals surface area (Å²) in [6.07, 6.45) is 0.861. The molecule has 1 amide bonds. The molecule has 0 aliphatic carbocycles. The van der Waals surface area contributed by atoms with Gasteiger partial charge in [0.2, 0.25) is 0 Å². The van der Waals surface area contributed by atoms with E-state index in [0.29, 0.717) is 31.2 Å². The molecule has 6 nitrogen and oxygen atoms in total. The van der Waals surface area contributed by atoms with E-state index < -0.39 is 0 Å². The maximum atomic E-state index is 12.1. The molecule has 0 atom stereocenters. The minimum atomic E-state index is -0.0680. The lowest BCUT2D eigenvalue weighted by Crippen LogP contribution is -2.42. The number of nitrogens with one attached hydrogen (secondary N) is 3. The maximum Gasteiger partial charge on any atom is 0.251 e. The zero-order valence-corrected chi connectivity index (χ0v) is 18.7. The molecule has 2 aromatic rings. The van der Waals surface area contributed by atoms with E-state index in [0.717, 1.165) is 24.3 Å². The Morgan fingerprint density at radius 2 is 1.68 bits per heavy atom. The van der Waals surface area contributed by atoms with Gasteiger partial charge >= 0.3 is 0 Å². The fourth-order valence-corrected chi connectivity index (χ4v) is 2.45. The third-order valence-corrected chi connectivity index (χ3v) is 3.83. The quantitative estimate of drug-likeness (QED) is 0.216. The number of benzene rings is 2. The van der Waals surface area contributed by atoms with Crippen LogP contribution in [0.1, 0.15) is 22.3 Å². The molecule has 2 aromatic carbocycles. The van der Waals surface area contributed by atoms with Crippen molar-refractivity contribution in [1.29, 1.82) is 0 Å². The molecule has 0 spiro atoms. The van der Waals surface area contributed by atoms with E-state index in [1.807, 2.05) is 61.5 Å². The Morgan fingerprint density at radius 3 is 2.39 bits per heavy atom. The van der Waals surface area contributed by atoms with Crippen LogP contribution >= 0.6 is 24.0 Å². The third kappa shape index (κ3) is 9.07. The van der Waals surface area contributed by atoms with Crippen molar-refractivity contribution in [3.05, 3.63) is 65.7 Å². The summed E-state index contributed by atoms with van der Waals surface area (Å²) in [5.41, 5.74) is 1.75. The molecule has 0 fully saturated rings. The standard InChI is InChI=1S/C21H28N4O2.HI/c1-17-8-6-9-18(16-17)20(26)23-13-14-25-21(22-2)24-12-7-15-27-19-10-4-3-5-11-19;/h3-6,8-11,16H,7,12-15H2,1-2H3,(H,23,26)(H2,22,24,25);1H. The van der Waals surface area contributed by atoms with E-state index in [2.05, 4.69) is 20.9 Å². The van der Waals surface area contributed by atoms with Crippen molar-refractivity contribution in [2.24, 2.45) is 4.99 Å². The Morgan fingerprint density at radius 1 is 0.964 bits per heavy atom. The van der Waals surface area contributed by atoms with Crippen molar-refractivity contribution in [1.82, 2.24) is 16.0 Å². The van der Waals surface area contributed by atoms with E-state index in [1.54, 1.807) is 7.05 Å². The van der Waals surface area contributed by atoms with E-state index in [-0.39, 0.29) is 29.9 Å². The number of aryl methyl sites for hydroxylation is 1. The molecular weight excluding hydrogens is 467 g/mol. The number of rotatable bonds is 9. The Balaban J connectivity index is 0.00000392. The number of hydrogen-bond donors (Lipinski definition) is 3. The van der Waals surface area contributed by atoms with Crippen LogP contribution in [0, 0.1) is 6.92 Å². The van der Waals surface area contributed by atoms with Crippen LogP contribution in [-0.2, 0) is 0 Å². The number of guanidine groups is 1. The summed E-state index contributed by atoms with van der Waals surface area (Å²) in [6.45, 7) is 4.48. The smallest absolute Gasteiger partial charge is 0.251 e. The molecule has 3 N–H and O–H groups in total. The van der Waals surface area contributed by atoms with Crippen molar-refractivity contribution >= 4 is 35.8 Å². The van der Waals surface area contributed by atoms with Crippen LogP contribution in [-0.4, -0.2) is 45.2 Å². The number of nitrogens with zero attached hydrogens (tertiary/aromatic N) is 1. The summed E-state index contributed by atoms with van der Waals surface area (Å²) >= 11 is 0. The lowest BCUT2D eigenvalue weighted by molar-refractivity contribution is 0.0954. The first-order valence-corrected chi connectivity index (χ1v) is 9.16. The van der Waals surface area contributed by atoms with Gasteiger partial charge in [-0.2, -0.15) is 0 Å². The van der Waals surface area contributed by atoms with Gasteiger partial charge < -0.3 is 20.7 Å². The monoisotopic (exact) mass is 496 g/mol. The number of halogens is 1. The van der Waals surface area contributed by atoms with Crippen molar-refractivity contribution in [2.75, 3.05) is 33.3 Å². The van der Waals surface area contributed by atoms with Crippen LogP contribution in [0.2, 0.25) is 0 Å². The van der Waals surface area contributed by atoms with Gasteiger partial charge in [-0.3, -0.25) is 9.79 Å². The van der Waals surface area contributed by atoms with E-state index in [1.165, 1.54) is 0 Å². The van der Waals surface area contributed by atoms with Gasteiger partial charge in [0, 0.05) is 32.2 Å². The van der Waals surface area contributed by atoms with E-state index in [9.17, 15) is 4.79 Å². The number of carbonyl (C=O) groups is 1. The first kappa shape index (κ1) is 23.7. The lowest BCUT2D eigenvalue weighted by atomic mass is 10.1. The van der Waals surface area contributed by atoms with Crippen LogP contribution < -0.4 is 20.7 Å². The molecule has 152 valence electrons. The van der Waals surface area contributed by atoms with Crippen molar-refractivity contribution < 1.29 is 9.53 Å². The highest BCUT2D eigenvalue weighted by Gasteiger charge is 2.04. The summed E-state index contributed by atoms with van der Waals surface area (Å²) in [5.74, 6) is 1.52. The predicted molar refractivity (Wildman–Crippen MR) is 125 cm³/mol. The fourth-order valence-electron chi connectivity index (χ4n) is 2.45. The zero-order chi connectivity index (χ0) is 19.3. The minimum Gasteiger partial charge on any atom is -0.494 e. The second-order valence-electron chi connectivity index (χ2n) is 6.07. The maximum absolute atomic E-state index is 12.1. The van der Waals surface area contributed by atoms with Crippen LogP contribution in [0.3, 0.4) is 0 Å². The highest BCUT2D eigenvalue weighted by molar-refractivity contribution is 14.0. The predicted octanol–water partition coefficient (Wildman–Crippen LogP) is 2.98. The second kappa shape index (κ2) is 13.8. The molecule has 28 heavy (non-hydrogen) atoms. The highest BCUT2D eigenvalue weighted by Crippen LogP contribution is 2.08. The SMILES string of the molecule is CN=C(NCCCOc1ccccc1)NCCNC(=O)c1cccc(C)c1.I. The number of carbonyl (C=O) groups excluding carboxylic acids is 1. The normalized spacial score (nSPS) is 10.6. The molecule has 0 saturated carbocycles. The molecule has 0 bridgehead atoms. The number of para-hydroxylation sites is 1. The van der Waals surface area contributed by atoms with Gasteiger partial charge in [-0.1, -0.05) is 35.9 Å². The number of hydrogen-bond acceptors (Lipinski definition) is 3. The van der Waals surface area contributed by atoms with Crippen molar-refractivity contribution in [3.8, 4) is 5.75 Å². The van der Waals surface area contributed by atoms with Crippen molar-refractivity contribution in [2.45, 2.75) is 13.3 Å². The van der Waals surface area contributed by atoms with Crippen LogP contribution in [0.4, 0.5) is 0 Å². The van der Waals surface area contributed by atoms with Gasteiger partial charge in [-0.25, -0.2) is 0 Å². The van der Waals surface area contributed by atoms with Crippen LogP contribution in [0.5, 0.6) is 5.75 Å². The number of amides is 1. The largest absolute Gasteiger partial charge is 0.494 e. The van der Waals surface area contributed by atoms with E-state index in [4.69, 9.17) is 4.74 Å². The molecule has 2 rings (SSSR count). The lowest BCUT2D eigenvalue weighted by Gasteiger charge is -2.13. The van der Waals surface area contributed by atoms with E-state index >= 15 is 0 Å². The van der Waals surface area contributed by atoms with Crippen molar-refractivity contribution in [3.63, 3.8) is 0 Å². The summed E-state index contributed by atoms with van der Waals surface area (Å²) in [6, 6.07) is 17.3. The Kier molecular flexibility index (Phi) is 11.7. The summed E-state index contributed by atoms with van der Waals surface area (Å²) < 4.78 is 5.65. The first-order chi connectivity index (χ1) is 13.2. The summed E-state index contributed by atoms with van der Waals surface area (Å²) in [5, 5.41) is 9.30. The average Bonchev–Trinajstić information content (AvgIpc) is 2.70. The first-order valence-electron chi connectivity index (χ1n) is 9.16. The number of aliphatic imine (C=N–C) groups is 1. The number of ether oxygens (including phenoxy) is 1. The summed E-state index contributed by atoms with van der Waals surface area (Å²) in [4.78, 5) is 16.2. The van der Waals surface area contributed by atoms with Gasteiger partial charge in [0.25, 0.3) is 5.91 Å².